The minimum atomic E-state index is -0.784. The van der Waals surface area contributed by atoms with E-state index in [2.05, 4.69) is 0 Å². The molecule has 1 fully saturated rings. The van der Waals surface area contributed by atoms with Crippen molar-refractivity contribution in [3.63, 3.8) is 0 Å². The van der Waals surface area contributed by atoms with Gasteiger partial charge >= 0.3 is 0 Å². The maximum Gasteiger partial charge on any atom is 0.142 e. The van der Waals surface area contributed by atoms with Crippen LogP contribution in [0.25, 0.3) is 0 Å². The van der Waals surface area contributed by atoms with E-state index in [-0.39, 0.29) is 11.1 Å². The SMILES string of the molecule is NC1CCC(O)(Cc2cccc(F)c2Cl)CC1. The molecular formula is C13H17ClFNO. The van der Waals surface area contributed by atoms with Gasteiger partial charge in [-0.3, -0.25) is 0 Å². The summed E-state index contributed by atoms with van der Waals surface area (Å²) in [6, 6.07) is 4.89. The Morgan fingerprint density at radius 2 is 2.06 bits per heavy atom. The van der Waals surface area contributed by atoms with E-state index in [9.17, 15) is 9.50 Å². The molecule has 2 rings (SSSR count). The van der Waals surface area contributed by atoms with Crippen LogP contribution in [0.2, 0.25) is 5.02 Å². The minimum Gasteiger partial charge on any atom is -0.390 e. The highest BCUT2D eigenvalue weighted by atomic mass is 35.5. The van der Waals surface area contributed by atoms with E-state index < -0.39 is 11.4 Å². The number of nitrogens with two attached hydrogens (primary N) is 1. The van der Waals surface area contributed by atoms with Gasteiger partial charge in [-0.15, -0.1) is 0 Å². The second kappa shape index (κ2) is 4.92. The van der Waals surface area contributed by atoms with Gasteiger partial charge in [-0.25, -0.2) is 4.39 Å². The summed E-state index contributed by atoms with van der Waals surface area (Å²) in [6.07, 6.45) is 3.32. The van der Waals surface area contributed by atoms with Gasteiger partial charge in [0, 0.05) is 12.5 Å². The van der Waals surface area contributed by atoms with Crippen molar-refractivity contribution >= 4 is 11.6 Å². The lowest BCUT2D eigenvalue weighted by Gasteiger charge is -2.35. The van der Waals surface area contributed by atoms with Crippen LogP contribution in [0.3, 0.4) is 0 Å². The maximum absolute atomic E-state index is 13.3. The topological polar surface area (TPSA) is 46.2 Å². The molecule has 0 atom stereocenters. The third kappa shape index (κ3) is 2.97. The molecule has 4 heteroatoms. The first kappa shape index (κ1) is 12.8. The average Bonchev–Trinajstić information content (AvgIpc) is 2.30. The second-order valence-electron chi connectivity index (χ2n) is 4.95. The molecule has 3 N–H and O–H groups in total. The van der Waals surface area contributed by atoms with E-state index >= 15 is 0 Å². The molecule has 0 unspecified atom stereocenters. The fourth-order valence-electron chi connectivity index (χ4n) is 2.39. The van der Waals surface area contributed by atoms with Crippen LogP contribution in [0, 0.1) is 5.82 Å². The molecule has 0 bridgehead atoms. The van der Waals surface area contributed by atoms with E-state index in [0.29, 0.717) is 24.8 Å². The van der Waals surface area contributed by atoms with Crippen LogP contribution in [0.5, 0.6) is 0 Å². The molecule has 94 valence electrons. The molecule has 1 saturated carbocycles. The van der Waals surface area contributed by atoms with Crippen molar-refractivity contribution in [2.45, 2.75) is 43.7 Å². The number of benzene rings is 1. The predicted octanol–water partition coefficient (Wildman–Crippen LogP) is 2.65. The first-order valence-electron chi connectivity index (χ1n) is 5.91. The van der Waals surface area contributed by atoms with Crippen LogP contribution in [0.1, 0.15) is 31.2 Å². The Hall–Kier alpha value is -0.640. The molecule has 0 aliphatic heterocycles. The third-order valence-corrected chi connectivity index (χ3v) is 3.94. The standard InChI is InChI=1S/C13H17ClFNO/c14-12-9(2-1-3-11(12)15)8-13(17)6-4-10(16)5-7-13/h1-3,10,17H,4-8,16H2. The number of halogens is 2. The third-order valence-electron chi connectivity index (χ3n) is 3.51. The Kier molecular flexibility index (Phi) is 3.71. The van der Waals surface area contributed by atoms with Crippen molar-refractivity contribution in [1.29, 1.82) is 0 Å². The Morgan fingerprint density at radius 1 is 1.41 bits per heavy atom. The highest BCUT2D eigenvalue weighted by Gasteiger charge is 2.32. The van der Waals surface area contributed by atoms with Crippen molar-refractivity contribution < 1.29 is 9.50 Å². The van der Waals surface area contributed by atoms with Crippen LogP contribution >= 0.6 is 11.6 Å². The van der Waals surface area contributed by atoms with Crippen molar-refractivity contribution in [2.24, 2.45) is 5.73 Å². The fourth-order valence-corrected chi connectivity index (χ4v) is 2.59. The monoisotopic (exact) mass is 257 g/mol. The summed E-state index contributed by atoms with van der Waals surface area (Å²) in [5.74, 6) is -0.430. The van der Waals surface area contributed by atoms with Crippen LogP contribution in [0.15, 0.2) is 18.2 Å². The van der Waals surface area contributed by atoms with Crippen LogP contribution in [-0.4, -0.2) is 16.7 Å². The number of hydrogen-bond acceptors (Lipinski definition) is 2. The van der Waals surface area contributed by atoms with E-state index in [1.54, 1.807) is 12.1 Å². The Morgan fingerprint density at radius 3 is 2.71 bits per heavy atom. The van der Waals surface area contributed by atoms with Crippen LogP contribution in [-0.2, 0) is 6.42 Å². The fraction of sp³-hybridized carbons (Fsp3) is 0.538. The van der Waals surface area contributed by atoms with Gasteiger partial charge in [0.2, 0.25) is 0 Å². The zero-order valence-electron chi connectivity index (χ0n) is 9.63. The van der Waals surface area contributed by atoms with E-state index in [1.807, 2.05) is 0 Å². The molecule has 1 aliphatic rings. The molecule has 1 aromatic carbocycles. The van der Waals surface area contributed by atoms with Gasteiger partial charge in [0.15, 0.2) is 0 Å². The zero-order chi connectivity index (χ0) is 12.5. The predicted molar refractivity (Wildman–Crippen MR) is 66.5 cm³/mol. The molecule has 1 aromatic rings. The summed E-state index contributed by atoms with van der Waals surface area (Å²) < 4.78 is 13.3. The molecular weight excluding hydrogens is 241 g/mol. The molecule has 0 aromatic heterocycles. The van der Waals surface area contributed by atoms with Gasteiger partial charge in [0.1, 0.15) is 5.82 Å². The molecule has 2 nitrogen and oxygen atoms in total. The Balaban J connectivity index is 2.12. The first-order chi connectivity index (χ1) is 8.00. The quantitative estimate of drug-likeness (QED) is 0.856. The van der Waals surface area contributed by atoms with Gasteiger partial charge in [-0.1, -0.05) is 23.7 Å². The van der Waals surface area contributed by atoms with Crippen molar-refractivity contribution in [3.8, 4) is 0 Å². The van der Waals surface area contributed by atoms with E-state index in [1.165, 1.54) is 6.07 Å². The van der Waals surface area contributed by atoms with Crippen LogP contribution in [0.4, 0.5) is 4.39 Å². The summed E-state index contributed by atoms with van der Waals surface area (Å²) in [7, 11) is 0. The van der Waals surface area contributed by atoms with Gasteiger partial charge < -0.3 is 10.8 Å². The van der Waals surface area contributed by atoms with Gasteiger partial charge in [-0.2, -0.15) is 0 Å². The Labute approximate surface area is 106 Å². The van der Waals surface area contributed by atoms with E-state index in [4.69, 9.17) is 17.3 Å². The smallest absolute Gasteiger partial charge is 0.142 e. The zero-order valence-corrected chi connectivity index (χ0v) is 10.4. The normalized spacial score (nSPS) is 29.3. The highest BCUT2D eigenvalue weighted by molar-refractivity contribution is 6.31. The maximum atomic E-state index is 13.3. The lowest BCUT2D eigenvalue weighted by atomic mass is 9.79. The molecule has 0 heterocycles. The van der Waals surface area contributed by atoms with Crippen molar-refractivity contribution in [2.75, 3.05) is 0 Å². The highest BCUT2D eigenvalue weighted by Crippen LogP contribution is 2.33. The van der Waals surface area contributed by atoms with Gasteiger partial charge in [0.05, 0.1) is 10.6 Å². The molecule has 17 heavy (non-hydrogen) atoms. The average molecular weight is 258 g/mol. The summed E-state index contributed by atoms with van der Waals surface area (Å²) in [4.78, 5) is 0. The number of hydrogen-bond donors (Lipinski definition) is 2. The lowest BCUT2D eigenvalue weighted by molar-refractivity contribution is 0.000190. The van der Waals surface area contributed by atoms with Gasteiger partial charge in [-0.05, 0) is 37.3 Å². The number of aliphatic hydroxyl groups is 1. The summed E-state index contributed by atoms with van der Waals surface area (Å²) >= 11 is 5.89. The molecule has 0 radical (unpaired) electrons. The molecule has 1 aliphatic carbocycles. The summed E-state index contributed by atoms with van der Waals surface area (Å²) in [5.41, 5.74) is 5.69. The second-order valence-corrected chi connectivity index (χ2v) is 5.33. The lowest BCUT2D eigenvalue weighted by Crippen LogP contribution is -2.40. The summed E-state index contributed by atoms with van der Waals surface area (Å²) in [5, 5.41) is 10.5. The molecule has 0 saturated heterocycles. The van der Waals surface area contributed by atoms with Crippen LogP contribution < -0.4 is 5.73 Å². The molecule has 0 spiro atoms. The minimum absolute atomic E-state index is 0.121. The first-order valence-corrected chi connectivity index (χ1v) is 6.29. The van der Waals surface area contributed by atoms with Crippen molar-refractivity contribution in [1.82, 2.24) is 0 Å². The van der Waals surface area contributed by atoms with Crippen molar-refractivity contribution in [3.05, 3.63) is 34.6 Å². The molecule has 0 amide bonds. The van der Waals surface area contributed by atoms with E-state index in [0.717, 1.165) is 12.8 Å². The largest absolute Gasteiger partial charge is 0.390 e. The van der Waals surface area contributed by atoms with Gasteiger partial charge in [0.25, 0.3) is 0 Å². The summed E-state index contributed by atoms with van der Waals surface area (Å²) in [6.45, 7) is 0. The Bertz CT molecular complexity index is 402. The number of rotatable bonds is 2.